The number of aromatic nitrogens is 1. The number of piperazine rings is 1. The Hall–Kier alpha value is -1.22. The highest BCUT2D eigenvalue weighted by Gasteiger charge is 2.28. The molecule has 7 nitrogen and oxygen atoms in total. The van der Waals surface area contributed by atoms with Gasteiger partial charge in [-0.3, -0.25) is 0 Å². The van der Waals surface area contributed by atoms with Crippen molar-refractivity contribution < 1.29 is 13.2 Å². The minimum absolute atomic E-state index is 0.231. The quantitative estimate of drug-likeness (QED) is 0.773. The Bertz CT molecular complexity index is 655. The lowest BCUT2D eigenvalue weighted by Crippen LogP contribution is -2.47. The molecule has 0 aromatic carbocycles. The lowest BCUT2D eigenvalue weighted by atomic mass is 10.1. The van der Waals surface area contributed by atoms with Crippen molar-refractivity contribution in [1.29, 1.82) is 0 Å². The number of rotatable bonds is 5. The molecule has 1 atom stereocenters. The fourth-order valence-electron chi connectivity index (χ4n) is 3.41. The summed E-state index contributed by atoms with van der Waals surface area (Å²) in [6.07, 6.45) is 3.86. The molecule has 8 heteroatoms. The standard InChI is InChI=1S/C17H28N4O3S/c1-3-24-15-5-4-8-20(14-15)17-7-6-16(13-18-17)25(22,23)21-11-9-19(2)10-12-21/h6-7,13,15H,3-5,8-12,14H2,1-2H3. The summed E-state index contributed by atoms with van der Waals surface area (Å²) >= 11 is 0. The van der Waals surface area contributed by atoms with Crippen LogP contribution < -0.4 is 4.90 Å². The van der Waals surface area contributed by atoms with E-state index >= 15 is 0 Å². The van der Waals surface area contributed by atoms with Gasteiger partial charge in [0, 0.05) is 52.1 Å². The summed E-state index contributed by atoms with van der Waals surface area (Å²) in [5.74, 6) is 0.821. The van der Waals surface area contributed by atoms with Gasteiger partial charge in [-0.15, -0.1) is 0 Å². The molecule has 0 amide bonds. The van der Waals surface area contributed by atoms with Crippen LogP contribution in [0, 0.1) is 0 Å². The maximum Gasteiger partial charge on any atom is 0.244 e. The van der Waals surface area contributed by atoms with E-state index in [2.05, 4.69) is 14.8 Å². The molecular formula is C17H28N4O3S. The van der Waals surface area contributed by atoms with Crippen LogP contribution >= 0.6 is 0 Å². The van der Waals surface area contributed by atoms with E-state index in [0.717, 1.165) is 44.8 Å². The van der Waals surface area contributed by atoms with E-state index in [1.807, 2.05) is 20.0 Å². The van der Waals surface area contributed by atoms with Crippen molar-refractivity contribution in [1.82, 2.24) is 14.2 Å². The molecule has 2 saturated heterocycles. The van der Waals surface area contributed by atoms with Crippen LogP contribution in [0.1, 0.15) is 19.8 Å². The number of sulfonamides is 1. The predicted molar refractivity (Wildman–Crippen MR) is 97.4 cm³/mol. The highest BCUT2D eigenvalue weighted by Crippen LogP contribution is 2.22. The Balaban J connectivity index is 1.69. The number of piperidine rings is 1. The number of ether oxygens (including phenoxy) is 1. The third-order valence-electron chi connectivity index (χ3n) is 4.93. The fourth-order valence-corrected chi connectivity index (χ4v) is 4.78. The number of anilines is 1. The van der Waals surface area contributed by atoms with Gasteiger partial charge in [0.05, 0.1) is 6.10 Å². The van der Waals surface area contributed by atoms with Crippen LogP contribution in [-0.4, -0.2) is 81.6 Å². The second-order valence-corrected chi connectivity index (χ2v) is 8.66. The van der Waals surface area contributed by atoms with E-state index in [1.54, 1.807) is 10.4 Å². The first-order chi connectivity index (χ1) is 12.0. The molecule has 1 aromatic heterocycles. The molecule has 0 radical (unpaired) electrons. The maximum absolute atomic E-state index is 12.8. The molecule has 2 aliphatic heterocycles. The summed E-state index contributed by atoms with van der Waals surface area (Å²) in [5.41, 5.74) is 0. The molecule has 25 heavy (non-hydrogen) atoms. The maximum atomic E-state index is 12.8. The van der Waals surface area contributed by atoms with Gasteiger partial charge in [0.1, 0.15) is 10.7 Å². The molecule has 0 N–H and O–H groups in total. The van der Waals surface area contributed by atoms with E-state index < -0.39 is 10.0 Å². The molecule has 140 valence electrons. The average molecular weight is 369 g/mol. The molecule has 0 bridgehead atoms. The summed E-state index contributed by atoms with van der Waals surface area (Å²) in [6, 6.07) is 3.50. The van der Waals surface area contributed by atoms with Gasteiger partial charge < -0.3 is 14.5 Å². The van der Waals surface area contributed by atoms with Gasteiger partial charge in [0.15, 0.2) is 0 Å². The number of pyridine rings is 1. The lowest BCUT2D eigenvalue weighted by Gasteiger charge is -2.33. The molecule has 0 aliphatic carbocycles. The zero-order chi connectivity index (χ0) is 17.9. The predicted octanol–water partition coefficient (Wildman–Crippen LogP) is 1.02. The van der Waals surface area contributed by atoms with Gasteiger partial charge in [-0.25, -0.2) is 13.4 Å². The monoisotopic (exact) mass is 368 g/mol. The first-order valence-corrected chi connectivity index (χ1v) is 10.5. The summed E-state index contributed by atoms with van der Waals surface area (Å²) < 4.78 is 32.8. The Kier molecular flexibility index (Phi) is 5.93. The molecule has 0 spiro atoms. The van der Waals surface area contributed by atoms with Crippen LogP contribution in [0.3, 0.4) is 0 Å². The van der Waals surface area contributed by atoms with Crippen molar-refractivity contribution >= 4 is 15.8 Å². The van der Waals surface area contributed by atoms with E-state index in [-0.39, 0.29) is 11.0 Å². The molecule has 3 heterocycles. The Morgan fingerprint density at radius 1 is 1.20 bits per heavy atom. The highest BCUT2D eigenvalue weighted by molar-refractivity contribution is 7.89. The number of hydrogen-bond acceptors (Lipinski definition) is 6. The van der Waals surface area contributed by atoms with E-state index in [4.69, 9.17) is 4.74 Å². The first kappa shape index (κ1) is 18.6. The lowest BCUT2D eigenvalue weighted by molar-refractivity contribution is 0.0525. The van der Waals surface area contributed by atoms with Gasteiger partial charge in [-0.05, 0) is 38.9 Å². The van der Waals surface area contributed by atoms with Gasteiger partial charge in [0.25, 0.3) is 0 Å². The van der Waals surface area contributed by atoms with Crippen LogP contribution in [0.5, 0.6) is 0 Å². The Morgan fingerprint density at radius 2 is 1.96 bits per heavy atom. The first-order valence-electron chi connectivity index (χ1n) is 9.02. The topological polar surface area (TPSA) is 66.0 Å². The van der Waals surface area contributed by atoms with E-state index in [1.165, 1.54) is 6.20 Å². The Labute approximate surface area is 150 Å². The number of nitrogens with zero attached hydrogens (tertiary/aromatic N) is 4. The van der Waals surface area contributed by atoms with E-state index in [9.17, 15) is 8.42 Å². The van der Waals surface area contributed by atoms with Crippen molar-refractivity contribution in [2.24, 2.45) is 0 Å². The van der Waals surface area contributed by atoms with Crippen molar-refractivity contribution in [2.45, 2.75) is 30.8 Å². The second-order valence-electron chi connectivity index (χ2n) is 6.73. The fraction of sp³-hybridized carbons (Fsp3) is 0.706. The Morgan fingerprint density at radius 3 is 2.60 bits per heavy atom. The molecule has 0 saturated carbocycles. The van der Waals surface area contributed by atoms with Crippen molar-refractivity contribution in [2.75, 3.05) is 57.8 Å². The largest absolute Gasteiger partial charge is 0.377 e. The molecular weight excluding hydrogens is 340 g/mol. The van der Waals surface area contributed by atoms with Crippen LogP contribution in [0.2, 0.25) is 0 Å². The number of likely N-dealkylation sites (N-methyl/N-ethyl adjacent to an activating group) is 1. The van der Waals surface area contributed by atoms with Crippen molar-refractivity contribution in [3.8, 4) is 0 Å². The summed E-state index contributed by atoms with van der Waals surface area (Å²) in [4.78, 5) is 9.02. The third kappa shape index (κ3) is 4.31. The summed E-state index contributed by atoms with van der Waals surface area (Å²) in [7, 11) is -1.44. The normalized spacial score (nSPS) is 23.8. The molecule has 2 aliphatic rings. The molecule has 1 unspecified atom stereocenters. The number of hydrogen-bond donors (Lipinski definition) is 0. The molecule has 2 fully saturated rings. The average Bonchev–Trinajstić information content (AvgIpc) is 2.63. The third-order valence-corrected chi connectivity index (χ3v) is 6.81. The summed E-state index contributed by atoms with van der Waals surface area (Å²) in [5, 5.41) is 0. The van der Waals surface area contributed by atoms with Gasteiger partial charge in [0.2, 0.25) is 10.0 Å². The van der Waals surface area contributed by atoms with Crippen LogP contribution in [0.4, 0.5) is 5.82 Å². The molecule has 3 rings (SSSR count). The second kappa shape index (κ2) is 7.99. The zero-order valence-corrected chi connectivity index (χ0v) is 15.9. The van der Waals surface area contributed by atoms with Crippen LogP contribution in [0.15, 0.2) is 23.2 Å². The smallest absolute Gasteiger partial charge is 0.244 e. The van der Waals surface area contributed by atoms with E-state index in [0.29, 0.717) is 19.7 Å². The highest BCUT2D eigenvalue weighted by atomic mass is 32.2. The summed E-state index contributed by atoms with van der Waals surface area (Å²) in [6.45, 7) is 7.05. The van der Waals surface area contributed by atoms with Gasteiger partial charge in [-0.2, -0.15) is 4.31 Å². The minimum atomic E-state index is -3.45. The van der Waals surface area contributed by atoms with Crippen molar-refractivity contribution in [3.63, 3.8) is 0 Å². The van der Waals surface area contributed by atoms with Gasteiger partial charge >= 0.3 is 0 Å². The van der Waals surface area contributed by atoms with Crippen LogP contribution in [0.25, 0.3) is 0 Å². The van der Waals surface area contributed by atoms with Crippen LogP contribution in [-0.2, 0) is 14.8 Å². The van der Waals surface area contributed by atoms with Gasteiger partial charge in [-0.1, -0.05) is 0 Å². The van der Waals surface area contributed by atoms with Crippen molar-refractivity contribution in [3.05, 3.63) is 18.3 Å². The molecule has 1 aromatic rings. The SMILES string of the molecule is CCOC1CCCN(c2ccc(S(=O)(=O)N3CCN(C)CC3)cn2)C1. The minimum Gasteiger partial charge on any atom is -0.377 e. The zero-order valence-electron chi connectivity index (χ0n) is 15.1.